The molecule has 0 spiro atoms. The second kappa shape index (κ2) is 7.22. The molecule has 1 aliphatic carbocycles. The molecular weight excluding hydrogens is 379 g/mol. The Bertz CT molecular complexity index is 901. The lowest BCUT2D eigenvalue weighted by Crippen LogP contribution is -2.31. The molecule has 6 heteroatoms. The summed E-state index contributed by atoms with van der Waals surface area (Å²) in [5.41, 5.74) is 6.40. The van der Waals surface area contributed by atoms with Gasteiger partial charge in [-0.25, -0.2) is 5.84 Å². The number of benzene rings is 2. The molecule has 0 radical (unpaired) electrons. The Morgan fingerprint density at radius 1 is 1.04 bits per heavy atom. The van der Waals surface area contributed by atoms with Gasteiger partial charge in [0.25, 0.3) is 5.91 Å². The number of rotatable bonds is 3. The van der Waals surface area contributed by atoms with Crippen LogP contribution in [0.1, 0.15) is 24.0 Å². The maximum Gasteiger partial charge on any atom is 0.265 e. The molecule has 1 atom stereocenters. The summed E-state index contributed by atoms with van der Waals surface area (Å²) in [6.45, 7) is 1.90. The Labute approximate surface area is 161 Å². The van der Waals surface area contributed by atoms with E-state index >= 15 is 0 Å². The zero-order chi connectivity index (χ0) is 18.1. The summed E-state index contributed by atoms with van der Waals surface area (Å²) in [5.74, 6) is 4.81. The van der Waals surface area contributed by atoms with Crippen molar-refractivity contribution in [2.75, 3.05) is 0 Å². The molecule has 0 heterocycles. The molecule has 128 valence electrons. The van der Waals surface area contributed by atoms with Crippen LogP contribution in [0.5, 0.6) is 0 Å². The molecule has 3 nitrogen and oxygen atoms in total. The maximum absolute atomic E-state index is 12.2. The molecule has 0 fully saturated rings. The standard InChI is InChI=1S/C19H15Cl3N2O/c1-10-15(19(25)24-23)9-16(14-7-6-13(21)8-17(14)22)18(10)11-2-4-12(20)5-3-11/h2-9,16H,23H2,1H3,(H,24,25). The van der Waals surface area contributed by atoms with E-state index in [-0.39, 0.29) is 11.8 Å². The Balaban J connectivity index is 2.18. The zero-order valence-corrected chi connectivity index (χ0v) is 15.6. The van der Waals surface area contributed by atoms with Crippen molar-refractivity contribution in [1.29, 1.82) is 0 Å². The highest BCUT2D eigenvalue weighted by molar-refractivity contribution is 6.35. The molecule has 0 saturated carbocycles. The van der Waals surface area contributed by atoms with E-state index in [1.807, 2.05) is 43.3 Å². The lowest BCUT2D eigenvalue weighted by atomic mass is 9.88. The normalized spacial score (nSPS) is 16.8. The van der Waals surface area contributed by atoms with Crippen molar-refractivity contribution in [3.8, 4) is 0 Å². The highest BCUT2D eigenvalue weighted by Gasteiger charge is 2.30. The predicted molar refractivity (Wildman–Crippen MR) is 104 cm³/mol. The van der Waals surface area contributed by atoms with Gasteiger partial charge in [0.2, 0.25) is 0 Å². The first-order valence-electron chi connectivity index (χ1n) is 7.57. The minimum absolute atomic E-state index is 0.182. The van der Waals surface area contributed by atoms with Gasteiger partial charge in [0, 0.05) is 26.6 Å². The zero-order valence-electron chi connectivity index (χ0n) is 13.3. The van der Waals surface area contributed by atoms with Crippen molar-refractivity contribution < 1.29 is 4.79 Å². The van der Waals surface area contributed by atoms with Crippen LogP contribution in [0.15, 0.2) is 59.7 Å². The van der Waals surface area contributed by atoms with E-state index in [0.717, 1.165) is 22.3 Å². The summed E-state index contributed by atoms with van der Waals surface area (Å²) in [6, 6.07) is 12.8. The number of amides is 1. The Hall–Kier alpha value is -1.78. The highest BCUT2D eigenvalue weighted by atomic mass is 35.5. The van der Waals surface area contributed by atoms with Crippen molar-refractivity contribution >= 4 is 46.3 Å². The van der Waals surface area contributed by atoms with E-state index in [1.165, 1.54) is 0 Å². The summed E-state index contributed by atoms with van der Waals surface area (Å²) >= 11 is 18.4. The second-order valence-corrected chi connectivity index (χ2v) is 7.02. The average molecular weight is 394 g/mol. The number of hydrogen-bond donors (Lipinski definition) is 2. The predicted octanol–water partition coefficient (Wildman–Crippen LogP) is 5.13. The first kappa shape index (κ1) is 18.0. The van der Waals surface area contributed by atoms with Crippen molar-refractivity contribution in [2.45, 2.75) is 12.8 Å². The molecule has 2 aromatic carbocycles. The molecule has 0 saturated heterocycles. The van der Waals surface area contributed by atoms with Gasteiger partial charge in [-0.1, -0.05) is 59.1 Å². The first-order valence-corrected chi connectivity index (χ1v) is 8.70. The van der Waals surface area contributed by atoms with Crippen molar-refractivity contribution in [2.24, 2.45) is 5.84 Å². The number of carbonyl (C=O) groups excluding carboxylic acids is 1. The van der Waals surface area contributed by atoms with Gasteiger partial charge in [-0.05, 0) is 53.5 Å². The lowest BCUT2D eigenvalue weighted by molar-refractivity contribution is -0.117. The van der Waals surface area contributed by atoms with Gasteiger partial charge in [0.15, 0.2) is 0 Å². The largest absolute Gasteiger partial charge is 0.290 e. The third kappa shape index (κ3) is 3.46. The van der Waals surface area contributed by atoms with Crippen LogP contribution in [-0.4, -0.2) is 5.91 Å². The van der Waals surface area contributed by atoms with Crippen LogP contribution in [0.2, 0.25) is 15.1 Å². The number of halogens is 3. The number of carbonyl (C=O) groups is 1. The summed E-state index contributed by atoms with van der Waals surface area (Å²) in [4.78, 5) is 12.2. The number of hydrazine groups is 1. The fraction of sp³-hybridized carbons (Fsp3) is 0.105. The molecule has 1 unspecified atom stereocenters. The van der Waals surface area contributed by atoms with E-state index in [4.69, 9.17) is 40.6 Å². The van der Waals surface area contributed by atoms with Gasteiger partial charge in [-0.15, -0.1) is 0 Å². The van der Waals surface area contributed by atoms with Crippen LogP contribution in [0, 0.1) is 0 Å². The quantitative estimate of drug-likeness (QED) is 0.431. The van der Waals surface area contributed by atoms with Crippen LogP contribution in [0.3, 0.4) is 0 Å². The highest BCUT2D eigenvalue weighted by Crippen LogP contribution is 2.46. The molecule has 1 amide bonds. The molecule has 0 aliphatic heterocycles. The average Bonchev–Trinajstić information content (AvgIpc) is 2.92. The summed E-state index contributed by atoms with van der Waals surface area (Å²) in [7, 11) is 0. The van der Waals surface area contributed by atoms with Crippen molar-refractivity contribution in [1.82, 2.24) is 5.43 Å². The van der Waals surface area contributed by atoms with Crippen LogP contribution < -0.4 is 11.3 Å². The number of hydrogen-bond acceptors (Lipinski definition) is 2. The molecule has 25 heavy (non-hydrogen) atoms. The minimum Gasteiger partial charge on any atom is -0.290 e. The van der Waals surface area contributed by atoms with E-state index in [2.05, 4.69) is 5.43 Å². The monoisotopic (exact) mass is 392 g/mol. The van der Waals surface area contributed by atoms with Gasteiger partial charge in [0.1, 0.15) is 0 Å². The van der Waals surface area contributed by atoms with E-state index < -0.39 is 0 Å². The van der Waals surface area contributed by atoms with Crippen LogP contribution in [0.4, 0.5) is 0 Å². The lowest BCUT2D eigenvalue weighted by Gasteiger charge is -2.17. The Kier molecular flexibility index (Phi) is 5.21. The Morgan fingerprint density at radius 2 is 1.68 bits per heavy atom. The van der Waals surface area contributed by atoms with Crippen molar-refractivity contribution in [3.63, 3.8) is 0 Å². The third-order valence-corrected chi connectivity index (χ3v) is 5.10. The molecule has 0 bridgehead atoms. The summed E-state index contributed by atoms with van der Waals surface area (Å²) < 4.78 is 0. The van der Waals surface area contributed by atoms with Gasteiger partial charge in [-0.3, -0.25) is 10.2 Å². The molecule has 1 aliphatic rings. The van der Waals surface area contributed by atoms with E-state index in [0.29, 0.717) is 20.6 Å². The molecule has 3 N–H and O–H groups in total. The van der Waals surface area contributed by atoms with E-state index in [9.17, 15) is 4.79 Å². The van der Waals surface area contributed by atoms with Crippen LogP contribution in [-0.2, 0) is 4.79 Å². The molecule has 0 aromatic heterocycles. The molecule has 2 aromatic rings. The second-order valence-electron chi connectivity index (χ2n) is 5.74. The summed E-state index contributed by atoms with van der Waals surface area (Å²) in [5, 5.41) is 1.75. The first-order chi connectivity index (χ1) is 11.9. The van der Waals surface area contributed by atoms with Crippen molar-refractivity contribution in [3.05, 3.63) is 85.9 Å². The maximum atomic E-state index is 12.2. The van der Waals surface area contributed by atoms with E-state index in [1.54, 1.807) is 12.1 Å². The SMILES string of the molecule is CC1=C(c2ccc(Cl)cc2)C(c2ccc(Cl)cc2Cl)C=C1C(=O)NN. The fourth-order valence-corrected chi connectivity index (χ4v) is 3.75. The fourth-order valence-electron chi connectivity index (χ4n) is 3.10. The Morgan fingerprint density at radius 3 is 2.28 bits per heavy atom. The van der Waals surface area contributed by atoms with Gasteiger partial charge in [-0.2, -0.15) is 0 Å². The van der Waals surface area contributed by atoms with Crippen LogP contribution >= 0.6 is 34.8 Å². The summed E-state index contributed by atoms with van der Waals surface area (Å²) in [6.07, 6.45) is 1.87. The number of nitrogens with one attached hydrogen (secondary N) is 1. The third-order valence-electron chi connectivity index (χ3n) is 4.28. The van der Waals surface area contributed by atoms with Gasteiger partial charge >= 0.3 is 0 Å². The van der Waals surface area contributed by atoms with Crippen LogP contribution in [0.25, 0.3) is 5.57 Å². The number of nitrogens with two attached hydrogens (primary N) is 1. The smallest absolute Gasteiger partial charge is 0.265 e. The molecular formula is C19H15Cl3N2O. The van der Waals surface area contributed by atoms with Gasteiger partial charge in [0.05, 0.1) is 0 Å². The van der Waals surface area contributed by atoms with Gasteiger partial charge < -0.3 is 0 Å². The topological polar surface area (TPSA) is 55.1 Å². The number of allylic oxidation sites excluding steroid dienone is 2. The minimum atomic E-state index is -0.337. The molecule has 3 rings (SSSR count).